The van der Waals surface area contributed by atoms with Crippen molar-refractivity contribution in [2.24, 2.45) is 0 Å². The fraction of sp³-hybridized carbons (Fsp3) is 0.219. The van der Waals surface area contributed by atoms with Crippen molar-refractivity contribution in [2.75, 3.05) is 0 Å². The first-order valence-electron chi connectivity index (χ1n) is 13.1. The van der Waals surface area contributed by atoms with Crippen LogP contribution in [0.1, 0.15) is 34.5 Å². The summed E-state index contributed by atoms with van der Waals surface area (Å²) in [6, 6.07) is 27.6. The van der Waals surface area contributed by atoms with Crippen LogP contribution in [0.2, 0.25) is 0 Å². The van der Waals surface area contributed by atoms with Gasteiger partial charge in [0.05, 0.1) is 29.5 Å². The van der Waals surface area contributed by atoms with Crippen LogP contribution in [0.25, 0.3) is 21.8 Å². The second kappa shape index (κ2) is 10.5. The minimum absolute atomic E-state index is 0.369. The molecule has 0 aliphatic heterocycles. The minimum Gasteiger partial charge on any atom is -0.487 e. The van der Waals surface area contributed by atoms with Crippen molar-refractivity contribution in [2.45, 2.75) is 46.4 Å². The molecule has 0 atom stereocenters. The van der Waals surface area contributed by atoms with Crippen molar-refractivity contribution < 1.29 is 4.74 Å². The van der Waals surface area contributed by atoms with Gasteiger partial charge in [0, 0.05) is 29.6 Å². The molecule has 0 aliphatic carbocycles. The van der Waals surface area contributed by atoms with Crippen LogP contribution in [0.5, 0.6) is 5.75 Å². The molecule has 6 heteroatoms. The van der Waals surface area contributed by atoms with Gasteiger partial charge in [-0.1, -0.05) is 65.4 Å². The van der Waals surface area contributed by atoms with Gasteiger partial charge in [0.15, 0.2) is 0 Å². The molecule has 0 N–H and O–H groups in total. The fourth-order valence-corrected chi connectivity index (χ4v) is 5.13. The summed E-state index contributed by atoms with van der Waals surface area (Å²) in [5.74, 6) is 0.823. The molecule has 6 rings (SSSR count). The van der Waals surface area contributed by atoms with Gasteiger partial charge in [-0.25, -0.2) is 4.68 Å². The Kier molecular flexibility index (Phi) is 6.61. The van der Waals surface area contributed by atoms with E-state index >= 15 is 0 Å². The summed E-state index contributed by atoms with van der Waals surface area (Å²) in [5.41, 5.74) is 8.04. The van der Waals surface area contributed by atoms with E-state index in [4.69, 9.17) is 4.74 Å². The first-order valence-corrected chi connectivity index (χ1v) is 13.1. The van der Waals surface area contributed by atoms with E-state index in [-0.39, 0.29) is 0 Å². The minimum atomic E-state index is 0.369. The number of nitrogens with zero attached hydrogens (tertiary/aromatic N) is 5. The third-order valence-corrected chi connectivity index (χ3v) is 7.06. The molecule has 0 aliphatic rings. The van der Waals surface area contributed by atoms with Crippen LogP contribution < -0.4 is 4.74 Å². The number of pyridine rings is 1. The predicted octanol–water partition coefficient (Wildman–Crippen LogP) is 6.66. The number of aryl methyl sites for hydroxylation is 4. The Morgan fingerprint density at radius 2 is 1.68 bits per heavy atom. The number of rotatable bonds is 9. The van der Waals surface area contributed by atoms with E-state index in [9.17, 15) is 0 Å². The lowest BCUT2D eigenvalue weighted by molar-refractivity contribution is 0.301. The first-order chi connectivity index (χ1) is 18.6. The summed E-state index contributed by atoms with van der Waals surface area (Å²) in [6.07, 6.45) is 5.94. The van der Waals surface area contributed by atoms with Gasteiger partial charge in [-0.15, -0.1) is 5.10 Å². The van der Waals surface area contributed by atoms with Crippen LogP contribution >= 0.6 is 0 Å². The maximum atomic E-state index is 6.19. The lowest BCUT2D eigenvalue weighted by atomic mass is 10.1. The van der Waals surface area contributed by atoms with Gasteiger partial charge in [-0.3, -0.25) is 4.98 Å². The Labute approximate surface area is 222 Å². The van der Waals surface area contributed by atoms with Gasteiger partial charge >= 0.3 is 0 Å². The molecule has 6 nitrogen and oxygen atoms in total. The monoisotopic (exact) mass is 501 g/mol. The van der Waals surface area contributed by atoms with Crippen LogP contribution in [0.15, 0.2) is 91.3 Å². The van der Waals surface area contributed by atoms with E-state index in [1.54, 1.807) is 0 Å². The standard InChI is InChI=1S/C32H31N5O/c1-23-10-12-26(13-11-23)20-36-21-27(34-35-36)22-38-28-14-15-29-30-16-17-33-24(2)32(30)37(31(29)19-28)18-6-9-25-7-4-3-5-8-25/h3-5,7-8,10-17,19,21H,6,9,18,20,22H2,1-2H3. The highest BCUT2D eigenvalue weighted by Gasteiger charge is 2.14. The number of fused-ring (bicyclic) bond motifs is 3. The molecule has 0 radical (unpaired) electrons. The normalized spacial score (nSPS) is 11.4. The molecule has 0 saturated heterocycles. The summed E-state index contributed by atoms with van der Waals surface area (Å²) >= 11 is 0. The Bertz CT molecular complexity index is 1680. The molecule has 6 aromatic rings. The molecule has 3 aromatic heterocycles. The smallest absolute Gasteiger partial charge is 0.134 e. The van der Waals surface area contributed by atoms with Gasteiger partial charge in [-0.2, -0.15) is 0 Å². The lowest BCUT2D eigenvalue weighted by Gasteiger charge is -2.10. The fourth-order valence-electron chi connectivity index (χ4n) is 5.13. The van der Waals surface area contributed by atoms with E-state index in [1.807, 2.05) is 23.1 Å². The molecule has 0 unspecified atom stereocenters. The van der Waals surface area contributed by atoms with E-state index < -0.39 is 0 Å². The average molecular weight is 502 g/mol. The topological polar surface area (TPSA) is 57.8 Å². The first kappa shape index (κ1) is 23.9. The molecular formula is C32H31N5O. The molecule has 190 valence electrons. The highest BCUT2D eigenvalue weighted by Crippen LogP contribution is 2.33. The molecule has 3 aromatic carbocycles. The maximum absolute atomic E-state index is 6.19. The van der Waals surface area contributed by atoms with E-state index in [1.165, 1.54) is 38.5 Å². The quantitative estimate of drug-likeness (QED) is 0.222. The Morgan fingerprint density at radius 3 is 2.53 bits per heavy atom. The van der Waals surface area contributed by atoms with Crippen LogP contribution in [0.3, 0.4) is 0 Å². The zero-order valence-electron chi connectivity index (χ0n) is 21.8. The molecule has 3 heterocycles. The second-order valence-corrected chi connectivity index (χ2v) is 9.89. The molecular weight excluding hydrogens is 470 g/mol. The SMILES string of the molecule is Cc1ccc(Cn2cc(COc3ccc4c5ccnc(C)c5n(CCCc5ccccc5)c4c3)nn2)cc1. The molecule has 0 bridgehead atoms. The summed E-state index contributed by atoms with van der Waals surface area (Å²) < 4.78 is 10.4. The van der Waals surface area contributed by atoms with Crippen molar-refractivity contribution in [3.05, 3.63) is 119 Å². The van der Waals surface area contributed by atoms with Crippen LogP contribution in [-0.4, -0.2) is 24.5 Å². The predicted molar refractivity (Wildman–Crippen MR) is 151 cm³/mol. The Hall–Kier alpha value is -4.45. The van der Waals surface area contributed by atoms with Gasteiger partial charge in [0.2, 0.25) is 0 Å². The summed E-state index contributed by atoms with van der Waals surface area (Å²) in [4.78, 5) is 4.59. The Morgan fingerprint density at radius 1 is 0.842 bits per heavy atom. The largest absolute Gasteiger partial charge is 0.487 e. The van der Waals surface area contributed by atoms with E-state index in [0.717, 1.165) is 36.5 Å². The summed E-state index contributed by atoms with van der Waals surface area (Å²) in [6.45, 7) is 6.16. The van der Waals surface area contributed by atoms with E-state index in [2.05, 4.69) is 107 Å². The number of benzene rings is 3. The number of aromatic nitrogens is 5. The number of hydrogen-bond acceptors (Lipinski definition) is 4. The zero-order valence-corrected chi connectivity index (χ0v) is 21.8. The van der Waals surface area contributed by atoms with Crippen LogP contribution in [0, 0.1) is 13.8 Å². The number of ether oxygens (including phenoxy) is 1. The van der Waals surface area contributed by atoms with Crippen molar-refractivity contribution in [3.8, 4) is 5.75 Å². The second-order valence-electron chi connectivity index (χ2n) is 9.89. The summed E-state index contributed by atoms with van der Waals surface area (Å²) in [7, 11) is 0. The third kappa shape index (κ3) is 5.02. The van der Waals surface area contributed by atoms with Crippen LogP contribution in [0.4, 0.5) is 0 Å². The molecule has 0 saturated carbocycles. The van der Waals surface area contributed by atoms with Crippen molar-refractivity contribution in [3.63, 3.8) is 0 Å². The highest BCUT2D eigenvalue weighted by molar-refractivity contribution is 6.09. The van der Waals surface area contributed by atoms with Crippen molar-refractivity contribution in [1.82, 2.24) is 24.5 Å². The van der Waals surface area contributed by atoms with Crippen molar-refractivity contribution >= 4 is 21.8 Å². The van der Waals surface area contributed by atoms with Gasteiger partial charge in [0.1, 0.15) is 18.1 Å². The molecule has 0 spiro atoms. The maximum Gasteiger partial charge on any atom is 0.134 e. The average Bonchev–Trinajstić information content (AvgIpc) is 3.52. The van der Waals surface area contributed by atoms with Gasteiger partial charge < -0.3 is 9.30 Å². The van der Waals surface area contributed by atoms with E-state index in [0.29, 0.717) is 13.2 Å². The number of hydrogen-bond donors (Lipinski definition) is 0. The molecule has 0 fully saturated rings. The molecule has 38 heavy (non-hydrogen) atoms. The van der Waals surface area contributed by atoms with Gasteiger partial charge in [-0.05, 0) is 56.0 Å². The third-order valence-electron chi connectivity index (χ3n) is 7.06. The van der Waals surface area contributed by atoms with Crippen LogP contribution in [-0.2, 0) is 26.1 Å². The Balaban J connectivity index is 1.21. The zero-order chi connectivity index (χ0) is 25.9. The lowest BCUT2D eigenvalue weighted by Crippen LogP contribution is -2.02. The highest BCUT2D eigenvalue weighted by atomic mass is 16.5. The summed E-state index contributed by atoms with van der Waals surface area (Å²) in [5, 5.41) is 11.1. The van der Waals surface area contributed by atoms with Gasteiger partial charge in [0.25, 0.3) is 0 Å². The van der Waals surface area contributed by atoms with Crippen molar-refractivity contribution in [1.29, 1.82) is 0 Å². The molecule has 0 amide bonds.